The summed E-state index contributed by atoms with van der Waals surface area (Å²) in [6, 6.07) is 7.09. The van der Waals surface area contributed by atoms with Crippen LogP contribution in [0, 0.1) is 11.3 Å². The van der Waals surface area contributed by atoms with Crippen molar-refractivity contribution in [3.8, 4) is 11.8 Å². The molecule has 0 spiro atoms. The van der Waals surface area contributed by atoms with E-state index in [1.54, 1.807) is 18.2 Å². The normalized spacial score (nSPS) is 10.6. The van der Waals surface area contributed by atoms with Crippen molar-refractivity contribution >= 4 is 21.8 Å². The lowest BCUT2D eigenvalue weighted by molar-refractivity contribution is -0.124. The third-order valence-electron chi connectivity index (χ3n) is 1.94. The Morgan fingerprint density at radius 3 is 2.72 bits per heavy atom. The first-order chi connectivity index (χ1) is 8.31. The molecule has 0 saturated carbocycles. The van der Waals surface area contributed by atoms with Crippen LogP contribution >= 0.6 is 15.9 Å². The van der Waals surface area contributed by atoms with Crippen molar-refractivity contribution in [3.05, 3.63) is 28.2 Å². The Labute approximate surface area is 115 Å². The van der Waals surface area contributed by atoms with Crippen LogP contribution in [-0.2, 0) is 4.79 Å². The number of hydrogen-bond donors (Lipinski definition) is 1. The highest BCUT2D eigenvalue weighted by molar-refractivity contribution is 9.10. The molecule has 1 aromatic rings. The summed E-state index contributed by atoms with van der Waals surface area (Å²) < 4.78 is 6.13. The number of carbonyl (C=O) groups excluding carboxylic acids is 1. The molecular formula is C13H15BrN2O2. The molecule has 0 heterocycles. The van der Waals surface area contributed by atoms with Crippen LogP contribution in [0.2, 0.25) is 0 Å². The monoisotopic (exact) mass is 310 g/mol. The minimum absolute atomic E-state index is 0.104. The molecule has 0 fully saturated rings. The van der Waals surface area contributed by atoms with E-state index in [9.17, 15) is 4.79 Å². The van der Waals surface area contributed by atoms with Crippen LogP contribution in [0.1, 0.15) is 26.3 Å². The van der Waals surface area contributed by atoms with Crippen LogP contribution in [0.3, 0.4) is 0 Å². The standard InChI is InChI=1S/C13H15BrN2O2/c1-13(2,3)16-12(17)8-18-11-5-4-10(14)6-9(11)7-15/h4-6H,8H2,1-3H3,(H,16,17). The Morgan fingerprint density at radius 2 is 2.17 bits per heavy atom. The van der Waals surface area contributed by atoms with Crippen LogP contribution in [0.25, 0.3) is 0 Å². The van der Waals surface area contributed by atoms with Gasteiger partial charge in [-0.15, -0.1) is 0 Å². The van der Waals surface area contributed by atoms with Crippen molar-refractivity contribution in [3.63, 3.8) is 0 Å². The molecular weight excluding hydrogens is 296 g/mol. The van der Waals surface area contributed by atoms with E-state index in [-0.39, 0.29) is 18.1 Å². The van der Waals surface area contributed by atoms with Gasteiger partial charge in [0.05, 0.1) is 5.56 Å². The summed E-state index contributed by atoms with van der Waals surface area (Å²) >= 11 is 3.27. The molecule has 1 amide bonds. The summed E-state index contributed by atoms with van der Waals surface area (Å²) in [7, 11) is 0. The summed E-state index contributed by atoms with van der Waals surface area (Å²) in [5.74, 6) is 0.194. The molecule has 1 rings (SSSR count). The summed E-state index contributed by atoms with van der Waals surface area (Å²) in [5, 5.41) is 11.7. The van der Waals surface area contributed by atoms with Crippen molar-refractivity contribution in [1.29, 1.82) is 5.26 Å². The second-order valence-corrected chi connectivity index (χ2v) is 5.75. The van der Waals surface area contributed by atoms with Crippen LogP contribution in [-0.4, -0.2) is 18.1 Å². The third kappa shape index (κ3) is 4.76. The van der Waals surface area contributed by atoms with E-state index in [1.165, 1.54) is 0 Å². The fourth-order valence-corrected chi connectivity index (χ4v) is 1.67. The van der Waals surface area contributed by atoms with Crippen molar-refractivity contribution in [1.82, 2.24) is 5.32 Å². The fraction of sp³-hybridized carbons (Fsp3) is 0.385. The van der Waals surface area contributed by atoms with Gasteiger partial charge in [-0.05, 0) is 39.0 Å². The van der Waals surface area contributed by atoms with E-state index in [1.807, 2.05) is 26.8 Å². The maximum absolute atomic E-state index is 11.6. The highest BCUT2D eigenvalue weighted by Crippen LogP contribution is 2.22. The van der Waals surface area contributed by atoms with Gasteiger partial charge in [-0.2, -0.15) is 5.26 Å². The number of benzene rings is 1. The summed E-state index contributed by atoms with van der Waals surface area (Å²) in [6.45, 7) is 5.58. The highest BCUT2D eigenvalue weighted by Gasteiger charge is 2.14. The molecule has 0 aromatic heterocycles. The molecule has 5 heteroatoms. The SMILES string of the molecule is CC(C)(C)NC(=O)COc1ccc(Br)cc1C#N. The minimum atomic E-state index is -0.293. The smallest absolute Gasteiger partial charge is 0.258 e. The second-order valence-electron chi connectivity index (χ2n) is 4.84. The molecule has 0 atom stereocenters. The number of ether oxygens (including phenoxy) is 1. The van der Waals surface area contributed by atoms with Crippen molar-refractivity contribution < 1.29 is 9.53 Å². The van der Waals surface area contributed by atoms with Crippen molar-refractivity contribution in [2.45, 2.75) is 26.3 Å². The summed E-state index contributed by atoms with van der Waals surface area (Å²) in [5.41, 5.74) is 0.103. The maximum Gasteiger partial charge on any atom is 0.258 e. The van der Waals surface area contributed by atoms with Gasteiger partial charge in [-0.3, -0.25) is 4.79 Å². The molecule has 4 nitrogen and oxygen atoms in total. The van der Waals surface area contributed by atoms with Gasteiger partial charge in [-0.1, -0.05) is 15.9 Å². The van der Waals surface area contributed by atoms with E-state index < -0.39 is 0 Å². The molecule has 0 radical (unpaired) electrons. The first-order valence-electron chi connectivity index (χ1n) is 5.45. The number of halogens is 1. The Balaban J connectivity index is 2.65. The molecule has 0 unspecified atom stereocenters. The second kappa shape index (κ2) is 5.87. The Bertz CT molecular complexity index is 487. The van der Waals surface area contributed by atoms with Crippen molar-refractivity contribution in [2.24, 2.45) is 0 Å². The van der Waals surface area contributed by atoms with E-state index >= 15 is 0 Å². The van der Waals surface area contributed by atoms with Gasteiger partial charge < -0.3 is 10.1 Å². The molecule has 96 valence electrons. The number of amides is 1. The quantitative estimate of drug-likeness (QED) is 0.933. The Hall–Kier alpha value is -1.54. The molecule has 1 aromatic carbocycles. The number of hydrogen-bond acceptors (Lipinski definition) is 3. The number of rotatable bonds is 3. The van der Waals surface area contributed by atoms with E-state index in [4.69, 9.17) is 10.00 Å². The van der Waals surface area contributed by atoms with Crippen LogP contribution in [0.4, 0.5) is 0 Å². The zero-order chi connectivity index (χ0) is 13.8. The van der Waals surface area contributed by atoms with Gasteiger partial charge in [-0.25, -0.2) is 0 Å². The molecule has 0 bridgehead atoms. The average Bonchev–Trinajstić information content (AvgIpc) is 2.24. The molecule has 18 heavy (non-hydrogen) atoms. The minimum Gasteiger partial charge on any atom is -0.482 e. The number of nitrogens with zero attached hydrogens (tertiary/aromatic N) is 1. The molecule has 0 aliphatic rings. The fourth-order valence-electron chi connectivity index (χ4n) is 1.31. The van der Waals surface area contributed by atoms with Crippen LogP contribution in [0.5, 0.6) is 5.75 Å². The van der Waals surface area contributed by atoms with E-state index in [0.717, 1.165) is 4.47 Å². The topological polar surface area (TPSA) is 62.1 Å². The van der Waals surface area contributed by atoms with E-state index in [0.29, 0.717) is 11.3 Å². The Morgan fingerprint density at radius 1 is 1.50 bits per heavy atom. The van der Waals surface area contributed by atoms with Gasteiger partial charge in [0.1, 0.15) is 11.8 Å². The summed E-state index contributed by atoms with van der Waals surface area (Å²) in [6.07, 6.45) is 0. The van der Waals surface area contributed by atoms with Crippen molar-refractivity contribution in [2.75, 3.05) is 6.61 Å². The van der Waals surface area contributed by atoms with Crippen LogP contribution < -0.4 is 10.1 Å². The average molecular weight is 311 g/mol. The Kier molecular flexibility index (Phi) is 4.74. The van der Waals surface area contributed by atoms with E-state index in [2.05, 4.69) is 21.2 Å². The highest BCUT2D eigenvalue weighted by atomic mass is 79.9. The van der Waals surface area contributed by atoms with Gasteiger partial charge in [0.2, 0.25) is 0 Å². The van der Waals surface area contributed by atoms with Gasteiger partial charge >= 0.3 is 0 Å². The van der Waals surface area contributed by atoms with Gasteiger partial charge in [0, 0.05) is 10.0 Å². The predicted molar refractivity (Wildman–Crippen MR) is 72.2 cm³/mol. The van der Waals surface area contributed by atoms with Gasteiger partial charge in [0.25, 0.3) is 5.91 Å². The lowest BCUT2D eigenvalue weighted by Gasteiger charge is -2.20. The first kappa shape index (κ1) is 14.5. The molecule has 0 aliphatic heterocycles. The number of nitriles is 1. The largest absolute Gasteiger partial charge is 0.482 e. The number of carbonyl (C=O) groups is 1. The predicted octanol–water partition coefficient (Wildman–Crippen LogP) is 2.61. The first-order valence-corrected chi connectivity index (χ1v) is 6.24. The van der Waals surface area contributed by atoms with Gasteiger partial charge in [0.15, 0.2) is 6.61 Å². The third-order valence-corrected chi connectivity index (χ3v) is 2.43. The zero-order valence-corrected chi connectivity index (χ0v) is 12.2. The molecule has 0 aliphatic carbocycles. The molecule has 1 N–H and O–H groups in total. The van der Waals surface area contributed by atoms with Crippen LogP contribution in [0.15, 0.2) is 22.7 Å². The lowest BCUT2D eigenvalue weighted by atomic mass is 10.1. The lowest BCUT2D eigenvalue weighted by Crippen LogP contribution is -2.43. The summed E-state index contributed by atoms with van der Waals surface area (Å²) in [4.78, 5) is 11.6. The number of nitrogens with one attached hydrogen (secondary N) is 1. The maximum atomic E-state index is 11.6. The molecule has 0 saturated heterocycles. The zero-order valence-electron chi connectivity index (χ0n) is 10.6.